The Balaban J connectivity index is 1.62. The third-order valence-corrected chi connectivity index (χ3v) is 6.28. The third kappa shape index (κ3) is 5.51. The van der Waals surface area contributed by atoms with E-state index in [1.165, 1.54) is 9.08 Å². The van der Waals surface area contributed by atoms with E-state index in [1.54, 1.807) is 55.7 Å². The van der Waals surface area contributed by atoms with E-state index in [9.17, 15) is 9.59 Å². The topological polar surface area (TPSA) is 139 Å². The summed E-state index contributed by atoms with van der Waals surface area (Å²) in [5.41, 5.74) is 7.70. The minimum absolute atomic E-state index is 0.0425. The summed E-state index contributed by atoms with van der Waals surface area (Å²) in [5, 5.41) is 7.43. The molecule has 11 heteroatoms. The van der Waals surface area contributed by atoms with E-state index < -0.39 is 18.2 Å². The van der Waals surface area contributed by atoms with Crippen LogP contribution in [0.1, 0.15) is 48.6 Å². The van der Waals surface area contributed by atoms with Crippen molar-refractivity contribution in [3.05, 3.63) is 94.3 Å². The molecule has 3 aromatic heterocycles. The highest BCUT2D eigenvalue weighted by molar-refractivity contribution is 6.04. The molecule has 3 N–H and O–H groups in total. The highest BCUT2D eigenvalue weighted by Crippen LogP contribution is 2.22. The van der Waals surface area contributed by atoms with Crippen LogP contribution in [0, 0.1) is 11.8 Å². The van der Waals surface area contributed by atoms with Gasteiger partial charge in [-0.25, -0.2) is 14.5 Å². The van der Waals surface area contributed by atoms with Gasteiger partial charge in [0.25, 0.3) is 11.5 Å². The van der Waals surface area contributed by atoms with Crippen molar-refractivity contribution >= 4 is 28.3 Å². The van der Waals surface area contributed by atoms with Gasteiger partial charge in [-0.1, -0.05) is 30.2 Å². The summed E-state index contributed by atoms with van der Waals surface area (Å²) in [6.45, 7) is 6.33. The summed E-state index contributed by atoms with van der Waals surface area (Å²) in [6.07, 6.45) is 2.49. The number of carbonyl (C=O) groups is 1. The van der Waals surface area contributed by atoms with Gasteiger partial charge in [0.2, 0.25) is 6.29 Å². The number of nitrogens with two attached hydrogens (primary N) is 1. The van der Waals surface area contributed by atoms with Crippen LogP contribution >= 0.6 is 0 Å². The maximum absolute atomic E-state index is 14.2. The summed E-state index contributed by atoms with van der Waals surface area (Å²) in [7, 11) is 0. The molecule has 11 nitrogen and oxygen atoms in total. The van der Waals surface area contributed by atoms with Gasteiger partial charge in [0.05, 0.1) is 22.6 Å². The molecule has 0 bridgehead atoms. The number of carbonyl (C=O) groups excluding carboxylic acids is 1. The molecule has 5 aromatic rings. The molecule has 0 fully saturated rings. The van der Waals surface area contributed by atoms with Crippen LogP contribution in [0.3, 0.4) is 0 Å². The van der Waals surface area contributed by atoms with Crippen molar-refractivity contribution < 1.29 is 14.3 Å². The van der Waals surface area contributed by atoms with Crippen LogP contribution < -0.4 is 16.6 Å². The lowest BCUT2D eigenvalue weighted by Gasteiger charge is -2.20. The van der Waals surface area contributed by atoms with Crippen LogP contribution in [0.15, 0.2) is 71.8 Å². The monoisotopic (exact) mass is 551 g/mol. The number of benzene rings is 2. The third-order valence-electron chi connectivity index (χ3n) is 6.28. The first-order chi connectivity index (χ1) is 19.9. The molecule has 0 aliphatic rings. The second kappa shape index (κ2) is 12.0. The van der Waals surface area contributed by atoms with E-state index >= 15 is 0 Å². The lowest BCUT2D eigenvalue weighted by atomic mass is 10.1. The number of para-hydroxylation sites is 1. The Bertz CT molecular complexity index is 1830. The van der Waals surface area contributed by atoms with Crippen molar-refractivity contribution in [2.75, 3.05) is 18.9 Å². The van der Waals surface area contributed by atoms with Crippen LogP contribution in [0.2, 0.25) is 0 Å². The molecule has 2 aromatic carbocycles. The maximum Gasteiger partial charge on any atom is 0.267 e. The van der Waals surface area contributed by atoms with Crippen molar-refractivity contribution in [2.45, 2.75) is 33.1 Å². The molecule has 3 heterocycles. The second-order valence-corrected chi connectivity index (χ2v) is 9.00. The van der Waals surface area contributed by atoms with Gasteiger partial charge in [0, 0.05) is 31.2 Å². The molecular weight excluding hydrogens is 522 g/mol. The van der Waals surface area contributed by atoms with Gasteiger partial charge < -0.3 is 20.5 Å². The van der Waals surface area contributed by atoms with E-state index in [-0.39, 0.29) is 16.9 Å². The number of nitrogens with zero attached hydrogens (tertiary/aromatic N) is 5. The molecule has 1 atom stereocenters. The molecule has 0 spiro atoms. The van der Waals surface area contributed by atoms with E-state index in [0.717, 1.165) is 0 Å². The molecular formula is C30H29N7O4. The lowest BCUT2D eigenvalue weighted by Crippen LogP contribution is -2.33. The van der Waals surface area contributed by atoms with E-state index in [0.29, 0.717) is 46.8 Å². The van der Waals surface area contributed by atoms with Gasteiger partial charge in [-0.2, -0.15) is 0 Å². The fourth-order valence-electron chi connectivity index (χ4n) is 4.49. The van der Waals surface area contributed by atoms with Gasteiger partial charge in [0.1, 0.15) is 11.4 Å². The second-order valence-electron chi connectivity index (χ2n) is 9.00. The van der Waals surface area contributed by atoms with Crippen molar-refractivity contribution in [1.82, 2.24) is 29.5 Å². The van der Waals surface area contributed by atoms with Crippen LogP contribution in [-0.4, -0.2) is 49.6 Å². The zero-order valence-electron chi connectivity index (χ0n) is 22.9. The highest BCUT2D eigenvalue weighted by atomic mass is 16.7. The zero-order chi connectivity index (χ0) is 28.9. The number of anilines is 1. The van der Waals surface area contributed by atoms with Crippen molar-refractivity contribution in [3.63, 3.8) is 0 Å². The fourth-order valence-corrected chi connectivity index (χ4v) is 4.49. The average Bonchev–Trinajstić information content (AvgIpc) is 3.32. The zero-order valence-corrected chi connectivity index (χ0v) is 22.9. The molecule has 0 aliphatic heterocycles. The molecule has 0 aliphatic carbocycles. The lowest BCUT2D eigenvalue weighted by molar-refractivity contribution is -0.0969. The Morgan fingerprint density at radius 3 is 2.56 bits per heavy atom. The number of rotatable bonds is 8. The summed E-state index contributed by atoms with van der Waals surface area (Å²) >= 11 is 0. The molecule has 208 valence electrons. The molecule has 41 heavy (non-hydrogen) atoms. The number of aromatic nitrogens is 5. The molecule has 1 amide bonds. The molecule has 5 rings (SSSR count). The first-order valence-electron chi connectivity index (χ1n) is 13.2. The van der Waals surface area contributed by atoms with Gasteiger partial charge in [-0.15, -0.1) is 5.10 Å². The predicted octanol–water partition coefficient (Wildman–Crippen LogP) is 3.25. The van der Waals surface area contributed by atoms with E-state index in [4.69, 9.17) is 20.2 Å². The summed E-state index contributed by atoms with van der Waals surface area (Å²) in [4.78, 5) is 36.6. The number of hydrogen-bond donors (Lipinski definition) is 2. The minimum Gasteiger partial charge on any atom is -0.381 e. The normalized spacial score (nSPS) is 11.9. The Morgan fingerprint density at radius 1 is 1.07 bits per heavy atom. The quantitative estimate of drug-likeness (QED) is 0.221. The fraction of sp³-hybridized carbons (Fsp3) is 0.233. The smallest absolute Gasteiger partial charge is 0.267 e. The Hall–Kier alpha value is -5.05. The van der Waals surface area contributed by atoms with E-state index in [2.05, 4.69) is 27.2 Å². The maximum atomic E-state index is 14.2. The molecule has 0 saturated carbocycles. The number of ether oxygens (including phenoxy) is 2. The number of amides is 1. The molecule has 0 radical (unpaired) electrons. The molecule has 0 unspecified atom stereocenters. The first kappa shape index (κ1) is 27.5. The first-order valence-corrected chi connectivity index (χ1v) is 13.2. The van der Waals surface area contributed by atoms with Gasteiger partial charge in [-0.05, 0) is 57.0 Å². The largest absolute Gasteiger partial charge is 0.381 e. The summed E-state index contributed by atoms with van der Waals surface area (Å²) in [5.74, 6) is 5.89. The standard InChI is InChI=1S/C30H29N7O4/c1-4-40-23(41-5-2)16-15-20-11-9-14-22-24(20)30(39)37(21-12-7-6-8-13-21)27(34-22)19(3)33-29(38)25-26(31)35-36-18-10-17-32-28(25)36/h6-14,17-19,23H,4-5H2,1-3H3,(H2,31,35)(H,33,38)/t19-/m1/s1. The Morgan fingerprint density at radius 2 is 1.83 bits per heavy atom. The summed E-state index contributed by atoms with van der Waals surface area (Å²) < 4.78 is 14.0. The Labute approximate surface area is 235 Å². The predicted molar refractivity (Wildman–Crippen MR) is 155 cm³/mol. The number of nitrogen functional groups attached to an aromatic ring is 1. The van der Waals surface area contributed by atoms with Gasteiger partial charge in [0.15, 0.2) is 11.5 Å². The molecule has 0 saturated heterocycles. The van der Waals surface area contributed by atoms with Crippen LogP contribution in [0.25, 0.3) is 22.2 Å². The van der Waals surface area contributed by atoms with Gasteiger partial charge in [-0.3, -0.25) is 14.2 Å². The van der Waals surface area contributed by atoms with Crippen LogP contribution in [-0.2, 0) is 9.47 Å². The van der Waals surface area contributed by atoms with Crippen LogP contribution in [0.5, 0.6) is 0 Å². The number of fused-ring (bicyclic) bond motifs is 2. The SMILES string of the molecule is CCOC(C#Cc1cccc2nc([C@@H](C)NC(=O)c3c(N)nn4cccnc34)n(-c3ccccc3)c(=O)c12)OCC. The van der Waals surface area contributed by atoms with E-state index in [1.807, 2.05) is 32.0 Å². The highest BCUT2D eigenvalue weighted by Gasteiger charge is 2.24. The number of hydrogen-bond acceptors (Lipinski definition) is 8. The minimum atomic E-state index is -0.721. The Kier molecular flexibility index (Phi) is 8.05. The average molecular weight is 552 g/mol. The summed E-state index contributed by atoms with van der Waals surface area (Å²) in [6, 6.07) is 15.4. The van der Waals surface area contributed by atoms with Gasteiger partial charge >= 0.3 is 0 Å². The van der Waals surface area contributed by atoms with Crippen molar-refractivity contribution in [1.29, 1.82) is 0 Å². The van der Waals surface area contributed by atoms with Crippen molar-refractivity contribution in [2.24, 2.45) is 0 Å². The number of nitrogens with one attached hydrogen (secondary N) is 1. The van der Waals surface area contributed by atoms with Crippen LogP contribution in [0.4, 0.5) is 5.82 Å². The van der Waals surface area contributed by atoms with Crippen molar-refractivity contribution in [3.8, 4) is 17.5 Å².